The molecule has 21 heavy (non-hydrogen) atoms. The molecular formula is C16H18N4O. The lowest BCUT2D eigenvalue weighted by Crippen LogP contribution is -2.34. The van der Waals surface area contributed by atoms with Gasteiger partial charge in [0.15, 0.2) is 0 Å². The van der Waals surface area contributed by atoms with E-state index in [1.165, 1.54) is 5.56 Å². The number of hydrogen-bond donors (Lipinski definition) is 2. The number of fused-ring (bicyclic) bond motifs is 1. The Labute approximate surface area is 123 Å². The quantitative estimate of drug-likeness (QED) is 0.876. The monoisotopic (exact) mass is 282 g/mol. The molecule has 2 aliphatic rings. The summed E-state index contributed by atoms with van der Waals surface area (Å²) < 4.78 is 0. The predicted octanol–water partition coefficient (Wildman–Crippen LogP) is 1.44. The van der Waals surface area contributed by atoms with Gasteiger partial charge in [-0.1, -0.05) is 30.3 Å². The number of benzene rings is 1. The van der Waals surface area contributed by atoms with E-state index in [9.17, 15) is 4.79 Å². The number of aromatic amines is 1. The summed E-state index contributed by atoms with van der Waals surface area (Å²) >= 11 is 0. The fourth-order valence-corrected chi connectivity index (χ4v) is 3.74. The Balaban J connectivity index is 1.70. The zero-order valence-corrected chi connectivity index (χ0v) is 11.7. The van der Waals surface area contributed by atoms with Crippen LogP contribution in [0.2, 0.25) is 0 Å². The molecule has 3 heterocycles. The first-order valence-corrected chi connectivity index (χ1v) is 7.40. The topological polar surface area (TPSA) is 61.0 Å². The molecular weight excluding hydrogens is 264 g/mol. The average molecular weight is 282 g/mol. The van der Waals surface area contributed by atoms with E-state index in [1.54, 1.807) is 12.4 Å². The Morgan fingerprint density at radius 2 is 2.10 bits per heavy atom. The molecule has 1 aromatic heterocycles. The lowest BCUT2D eigenvalue weighted by molar-refractivity contribution is 0.0714. The molecule has 5 heteroatoms. The molecule has 2 aromatic rings. The van der Waals surface area contributed by atoms with Crippen molar-refractivity contribution in [3.05, 3.63) is 53.9 Å². The molecule has 0 spiro atoms. The maximum absolute atomic E-state index is 12.8. The maximum atomic E-state index is 12.8. The Morgan fingerprint density at radius 3 is 2.86 bits per heavy atom. The normalized spacial score (nSPS) is 27.8. The Morgan fingerprint density at radius 1 is 1.24 bits per heavy atom. The van der Waals surface area contributed by atoms with Crippen molar-refractivity contribution in [2.24, 2.45) is 11.8 Å². The number of carbonyl (C=O) groups is 1. The Hall–Kier alpha value is -2.14. The van der Waals surface area contributed by atoms with E-state index in [1.807, 2.05) is 23.1 Å². The van der Waals surface area contributed by atoms with Crippen molar-refractivity contribution < 1.29 is 4.79 Å². The molecule has 0 aliphatic carbocycles. The summed E-state index contributed by atoms with van der Waals surface area (Å²) in [5, 5.41) is 10.1. The molecule has 0 unspecified atom stereocenters. The minimum atomic E-state index is 0.0759. The van der Waals surface area contributed by atoms with Gasteiger partial charge in [0.1, 0.15) is 0 Å². The number of aromatic nitrogens is 2. The lowest BCUT2D eigenvalue weighted by Gasteiger charge is -2.28. The van der Waals surface area contributed by atoms with Gasteiger partial charge in [-0.25, -0.2) is 0 Å². The third kappa shape index (κ3) is 2.05. The van der Waals surface area contributed by atoms with Crippen molar-refractivity contribution in [3.8, 4) is 0 Å². The standard InChI is InChI=1S/C16H18N4O/c21-16(12-7-18-19-8-12)20-10-13-6-17-9-14(13)15(20)11-4-2-1-3-5-11/h1-5,7-8,13-15,17H,6,9-10H2,(H,18,19)/t13-,14-,15-/m0/s1. The van der Waals surface area contributed by atoms with Gasteiger partial charge in [0, 0.05) is 31.7 Å². The molecule has 0 saturated carbocycles. The van der Waals surface area contributed by atoms with Crippen LogP contribution in [0.4, 0.5) is 0 Å². The van der Waals surface area contributed by atoms with Crippen LogP contribution in [-0.2, 0) is 0 Å². The van der Waals surface area contributed by atoms with Crippen molar-refractivity contribution in [2.45, 2.75) is 6.04 Å². The average Bonchev–Trinajstić information content (AvgIpc) is 3.23. The summed E-state index contributed by atoms with van der Waals surface area (Å²) in [7, 11) is 0. The van der Waals surface area contributed by atoms with Crippen LogP contribution >= 0.6 is 0 Å². The largest absolute Gasteiger partial charge is 0.331 e. The van der Waals surface area contributed by atoms with E-state index in [2.05, 4.69) is 27.6 Å². The number of nitrogens with one attached hydrogen (secondary N) is 2. The second-order valence-electron chi connectivity index (χ2n) is 5.88. The first-order valence-electron chi connectivity index (χ1n) is 7.40. The SMILES string of the molecule is O=C(c1cn[nH]c1)N1C[C@@H]2CNC[C@@H]2[C@@H]1c1ccccc1. The molecule has 4 rings (SSSR count). The number of likely N-dealkylation sites (tertiary alicyclic amines) is 1. The van der Waals surface area contributed by atoms with Crippen LogP contribution in [0.1, 0.15) is 22.0 Å². The highest BCUT2D eigenvalue weighted by Crippen LogP contribution is 2.43. The fourth-order valence-electron chi connectivity index (χ4n) is 3.74. The second-order valence-corrected chi connectivity index (χ2v) is 5.88. The van der Waals surface area contributed by atoms with Gasteiger partial charge in [-0.05, 0) is 11.5 Å². The third-order valence-electron chi connectivity index (χ3n) is 4.71. The summed E-state index contributed by atoms with van der Waals surface area (Å²) in [6, 6.07) is 10.5. The number of amides is 1. The molecule has 2 aliphatic heterocycles. The van der Waals surface area contributed by atoms with Crippen LogP contribution in [0.3, 0.4) is 0 Å². The minimum absolute atomic E-state index is 0.0759. The minimum Gasteiger partial charge on any atom is -0.331 e. The summed E-state index contributed by atoms with van der Waals surface area (Å²) in [5.41, 5.74) is 1.87. The molecule has 3 atom stereocenters. The first-order chi connectivity index (χ1) is 10.3. The number of nitrogens with zero attached hydrogens (tertiary/aromatic N) is 2. The van der Waals surface area contributed by atoms with Crippen LogP contribution in [-0.4, -0.2) is 40.6 Å². The summed E-state index contributed by atoms with van der Waals surface area (Å²) in [5.74, 6) is 1.13. The van der Waals surface area contributed by atoms with Crippen LogP contribution in [0, 0.1) is 11.8 Å². The molecule has 1 amide bonds. The predicted molar refractivity (Wildman–Crippen MR) is 78.7 cm³/mol. The van der Waals surface area contributed by atoms with Crippen LogP contribution in [0.5, 0.6) is 0 Å². The molecule has 108 valence electrons. The number of hydrogen-bond acceptors (Lipinski definition) is 3. The Kier molecular flexibility index (Phi) is 3.00. The maximum Gasteiger partial charge on any atom is 0.257 e. The van der Waals surface area contributed by atoms with Gasteiger partial charge in [0.25, 0.3) is 5.91 Å². The van der Waals surface area contributed by atoms with Crippen LogP contribution < -0.4 is 5.32 Å². The Bertz CT molecular complexity index is 625. The van der Waals surface area contributed by atoms with Gasteiger partial charge in [-0.3, -0.25) is 9.89 Å². The molecule has 1 aromatic carbocycles. The molecule has 5 nitrogen and oxygen atoms in total. The fraction of sp³-hybridized carbons (Fsp3) is 0.375. The van der Waals surface area contributed by atoms with Gasteiger partial charge < -0.3 is 10.2 Å². The van der Waals surface area contributed by atoms with Crippen molar-refractivity contribution in [3.63, 3.8) is 0 Å². The number of carbonyl (C=O) groups excluding carboxylic acids is 1. The third-order valence-corrected chi connectivity index (χ3v) is 4.71. The van der Waals surface area contributed by atoms with Crippen LogP contribution in [0.25, 0.3) is 0 Å². The van der Waals surface area contributed by atoms with Crippen molar-refractivity contribution in [1.82, 2.24) is 20.4 Å². The first kappa shape index (κ1) is 12.6. The zero-order chi connectivity index (χ0) is 14.2. The van der Waals surface area contributed by atoms with E-state index >= 15 is 0 Å². The highest BCUT2D eigenvalue weighted by molar-refractivity contribution is 5.94. The van der Waals surface area contributed by atoms with Crippen molar-refractivity contribution in [1.29, 1.82) is 0 Å². The van der Waals surface area contributed by atoms with Crippen molar-refractivity contribution >= 4 is 5.91 Å². The summed E-state index contributed by atoms with van der Waals surface area (Å²) in [6.07, 6.45) is 3.29. The van der Waals surface area contributed by atoms with E-state index in [0.717, 1.165) is 19.6 Å². The molecule has 2 saturated heterocycles. The molecule has 2 N–H and O–H groups in total. The second kappa shape index (κ2) is 5.00. The van der Waals surface area contributed by atoms with Crippen LogP contribution in [0.15, 0.2) is 42.7 Å². The van der Waals surface area contributed by atoms with Gasteiger partial charge in [-0.15, -0.1) is 0 Å². The number of H-pyrrole nitrogens is 1. The summed E-state index contributed by atoms with van der Waals surface area (Å²) in [4.78, 5) is 14.8. The lowest BCUT2D eigenvalue weighted by atomic mass is 9.89. The van der Waals surface area contributed by atoms with Gasteiger partial charge in [0.2, 0.25) is 0 Å². The molecule has 0 radical (unpaired) electrons. The summed E-state index contributed by atoms with van der Waals surface area (Å²) in [6.45, 7) is 2.81. The molecule has 0 bridgehead atoms. The van der Waals surface area contributed by atoms with Gasteiger partial charge >= 0.3 is 0 Å². The van der Waals surface area contributed by atoms with E-state index in [-0.39, 0.29) is 11.9 Å². The van der Waals surface area contributed by atoms with Crippen molar-refractivity contribution in [2.75, 3.05) is 19.6 Å². The highest BCUT2D eigenvalue weighted by atomic mass is 16.2. The highest BCUT2D eigenvalue weighted by Gasteiger charge is 2.46. The molecule has 2 fully saturated rings. The van der Waals surface area contributed by atoms with E-state index in [0.29, 0.717) is 17.4 Å². The smallest absolute Gasteiger partial charge is 0.257 e. The van der Waals surface area contributed by atoms with E-state index < -0.39 is 0 Å². The van der Waals surface area contributed by atoms with E-state index in [4.69, 9.17) is 0 Å². The number of rotatable bonds is 2. The zero-order valence-electron chi connectivity index (χ0n) is 11.7. The van der Waals surface area contributed by atoms with Gasteiger partial charge in [-0.2, -0.15) is 5.10 Å². The van der Waals surface area contributed by atoms with Gasteiger partial charge in [0.05, 0.1) is 17.8 Å².